The highest BCUT2D eigenvalue weighted by Gasteiger charge is 2.42. The number of rotatable bonds is 4. The first-order valence-corrected chi connectivity index (χ1v) is 10.3. The molecule has 3 aliphatic rings. The number of hydroxylamine groups is 2. The molecule has 11 heteroatoms. The van der Waals surface area contributed by atoms with Crippen LogP contribution in [0.15, 0.2) is 22.8 Å². The van der Waals surface area contributed by atoms with Crippen LogP contribution in [-0.4, -0.2) is 72.6 Å². The standard InChI is InChI=1S/C18H26N2O4.C2HF3O2/c21-18(20-5-1-2-7-24-20)8-14-12-22-13-15-9-19(11-17(14)15)10-16-4-3-6-23-16;3-2(4,5)1(6)7/h3-4,6,14-15,17H,1-2,5,7-13H2;(H,6,7)/t14-,15-,17+;/m1./s1. The van der Waals surface area contributed by atoms with E-state index in [1.54, 1.807) is 11.3 Å². The molecule has 0 radical (unpaired) electrons. The van der Waals surface area contributed by atoms with Crippen LogP contribution in [-0.2, 0) is 25.7 Å². The number of carboxylic acids is 1. The molecular weight excluding hydrogens is 421 g/mol. The largest absolute Gasteiger partial charge is 0.490 e. The number of carboxylic acid groups (broad SMARTS) is 1. The van der Waals surface area contributed by atoms with Gasteiger partial charge in [-0.25, -0.2) is 9.86 Å². The normalized spacial score (nSPS) is 26.7. The molecule has 3 atom stereocenters. The van der Waals surface area contributed by atoms with E-state index < -0.39 is 12.1 Å². The summed E-state index contributed by atoms with van der Waals surface area (Å²) in [4.78, 5) is 29.3. The van der Waals surface area contributed by atoms with Gasteiger partial charge >= 0.3 is 12.1 Å². The quantitative estimate of drug-likeness (QED) is 0.757. The minimum atomic E-state index is -5.08. The summed E-state index contributed by atoms with van der Waals surface area (Å²) in [7, 11) is 0. The second-order valence-corrected chi connectivity index (χ2v) is 8.04. The SMILES string of the molecule is O=C(C[C@@H]1COC[C@H]2CN(Cc3ccco3)C[C@@H]12)N1CCCCO1.O=C(O)C(F)(F)F. The molecule has 0 bridgehead atoms. The van der Waals surface area contributed by atoms with E-state index in [1.165, 1.54) is 0 Å². The molecule has 1 N–H and O–H groups in total. The molecule has 1 aromatic heterocycles. The third kappa shape index (κ3) is 6.68. The van der Waals surface area contributed by atoms with E-state index in [9.17, 15) is 18.0 Å². The molecule has 174 valence electrons. The second kappa shape index (κ2) is 10.5. The molecule has 1 aromatic rings. The number of carbonyl (C=O) groups is 2. The molecular formula is C20H27F3N2O6. The molecule has 0 aliphatic carbocycles. The fourth-order valence-corrected chi connectivity index (χ4v) is 4.28. The molecule has 31 heavy (non-hydrogen) atoms. The average molecular weight is 448 g/mol. The Morgan fingerprint density at radius 1 is 1.19 bits per heavy atom. The number of halogens is 3. The number of fused-ring (bicyclic) bond motifs is 1. The van der Waals surface area contributed by atoms with Gasteiger partial charge in [0.2, 0.25) is 5.91 Å². The Bertz CT molecular complexity index is 721. The lowest BCUT2D eigenvalue weighted by molar-refractivity contribution is -0.199. The van der Waals surface area contributed by atoms with Crippen LogP contribution >= 0.6 is 0 Å². The minimum absolute atomic E-state index is 0.119. The lowest BCUT2D eigenvalue weighted by Crippen LogP contribution is -2.41. The van der Waals surface area contributed by atoms with Crippen molar-refractivity contribution in [1.82, 2.24) is 9.96 Å². The van der Waals surface area contributed by atoms with Gasteiger partial charge < -0.3 is 14.3 Å². The summed E-state index contributed by atoms with van der Waals surface area (Å²) in [6, 6.07) is 3.95. The number of carbonyl (C=O) groups excluding carboxylic acids is 1. The van der Waals surface area contributed by atoms with E-state index in [-0.39, 0.29) is 5.91 Å². The Hall–Kier alpha value is -2.11. The zero-order valence-electron chi connectivity index (χ0n) is 17.1. The Morgan fingerprint density at radius 2 is 1.97 bits per heavy atom. The van der Waals surface area contributed by atoms with Crippen LogP contribution < -0.4 is 0 Å². The first kappa shape index (κ1) is 23.6. The number of ether oxygens (including phenoxy) is 1. The highest BCUT2D eigenvalue weighted by atomic mass is 19.4. The van der Waals surface area contributed by atoms with Gasteiger partial charge in [-0.1, -0.05) is 0 Å². The summed E-state index contributed by atoms with van der Waals surface area (Å²) in [6.45, 7) is 5.78. The molecule has 8 nitrogen and oxygen atoms in total. The first-order valence-electron chi connectivity index (χ1n) is 10.3. The monoisotopic (exact) mass is 448 g/mol. The smallest absolute Gasteiger partial charge is 0.475 e. The maximum absolute atomic E-state index is 12.5. The van der Waals surface area contributed by atoms with E-state index in [0.717, 1.165) is 51.4 Å². The second-order valence-electron chi connectivity index (χ2n) is 8.04. The maximum Gasteiger partial charge on any atom is 0.490 e. The highest BCUT2D eigenvalue weighted by Crippen LogP contribution is 2.36. The van der Waals surface area contributed by atoms with Gasteiger partial charge in [-0.15, -0.1) is 0 Å². The van der Waals surface area contributed by atoms with Crippen LogP contribution in [0.2, 0.25) is 0 Å². The van der Waals surface area contributed by atoms with Gasteiger partial charge in [0.05, 0.1) is 32.6 Å². The Morgan fingerprint density at radius 3 is 2.58 bits per heavy atom. The Balaban J connectivity index is 0.000000339. The Kier molecular flexibility index (Phi) is 7.95. The van der Waals surface area contributed by atoms with Crippen LogP contribution in [0.5, 0.6) is 0 Å². The number of hydrogen-bond donors (Lipinski definition) is 1. The van der Waals surface area contributed by atoms with Crippen molar-refractivity contribution in [3.8, 4) is 0 Å². The van der Waals surface area contributed by atoms with Crippen molar-refractivity contribution in [1.29, 1.82) is 0 Å². The van der Waals surface area contributed by atoms with Crippen LogP contribution in [0.1, 0.15) is 25.0 Å². The van der Waals surface area contributed by atoms with E-state index in [1.807, 2.05) is 12.1 Å². The zero-order valence-corrected chi connectivity index (χ0v) is 17.1. The molecule has 1 amide bonds. The number of likely N-dealkylation sites (tertiary alicyclic amines) is 1. The number of alkyl halides is 3. The maximum atomic E-state index is 12.5. The van der Waals surface area contributed by atoms with Crippen LogP contribution in [0.25, 0.3) is 0 Å². The molecule has 3 saturated heterocycles. The number of amides is 1. The fourth-order valence-electron chi connectivity index (χ4n) is 4.28. The highest BCUT2D eigenvalue weighted by molar-refractivity contribution is 5.75. The van der Waals surface area contributed by atoms with Gasteiger partial charge in [0.15, 0.2) is 0 Å². The average Bonchev–Trinajstić information content (AvgIpc) is 3.38. The molecule has 0 spiro atoms. The molecule has 4 rings (SSSR count). The summed E-state index contributed by atoms with van der Waals surface area (Å²) < 4.78 is 43.0. The molecule has 4 heterocycles. The molecule has 0 unspecified atom stereocenters. The van der Waals surface area contributed by atoms with Crippen molar-refractivity contribution in [2.24, 2.45) is 17.8 Å². The molecule has 0 saturated carbocycles. The zero-order chi connectivity index (χ0) is 22.4. The van der Waals surface area contributed by atoms with E-state index >= 15 is 0 Å². The fraction of sp³-hybridized carbons (Fsp3) is 0.700. The number of hydrogen-bond acceptors (Lipinski definition) is 6. The van der Waals surface area contributed by atoms with Gasteiger partial charge in [0, 0.05) is 26.1 Å². The lowest BCUT2D eigenvalue weighted by atomic mass is 9.81. The number of furan rings is 1. The van der Waals surface area contributed by atoms with Crippen LogP contribution in [0.3, 0.4) is 0 Å². The van der Waals surface area contributed by atoms with Gasteiger partial charge in [0.1, 0.15) is 5.76 Å². The summed E-state index contributed by atoms with van der Waals surface area (Å²) >= 11 is 0. The predicted molar refractivity (Wildman–Crippen MR) is 100 cm³/mol. The van der Waals surface area contributed by atoms with Crippen LogP contribution in [0.4, 0.5) is 13.2 Å². The summed E-state index contributed by atoms with van der Waals surface area (Å²) in [5.74, 6) is -0.288. The summed E-state index contributed by atoms with van der Waals surface area (Å²) in [6.07, 6.45) is -0.740. The number of nitrogens with zero attached hydrogens (tertiary/aromatic N) is 2. The van der Waals surface area contributed by atoms with Crippen molar-refractivity contribution < 1.29 is 41.9 Å². The van der Waals surface area contributed by atoms with Gasteiger partial charge in [-0.2, -0.15) is 13.2 Å². The number of aliphatic carboxylic acids is 1. The van der Waals surface area contributed by atoms with Gasteiger partial charge in [-0.3, -0.25) is 14.5 Å². The Labute approximate surface area is 177 Å². The van der Waals surface area contributed by atoms with Crippen molar-refractivity contribution in [2.45, 2.75) is 32.0 Å². The molecule has 0 aromatic carbocycles. The minimum Gasteiger partial charge on any atom is -0.475 e. The molecule has 3 aliphatic heterocycles. The summed E-state index contributed by atoms with van der Waals surface area (Å²) in [5, 5.41) is 8.70. The lowest BCUT2D eigenvalue weighted by Gasteiger charge is -2.34. The van der Waals surface area contributed by atoms with Crippen molar-refractivity contribution >= 4 is 11.9 Å². The topological polar surface area (TPSA) is 92.5 Å². The predicted octanol–water partition coefficient (Wildman–Crippen LogP) is 2.55. The van der Waals surface area contributed by atoms with Crippen molar-refractivity contribution in [3.63, 3.8) is 0 Å². The van der Waals surface area contributed by atoms with E-state index in [2.05, 4.69) is 4.90 Å². The third-order valence-electron chi connectivity index (χ3n) is 5.76. The molecule has 3 fully saturated rings. The summed E-state index contributed by atoms with van der Waals surface area (Å²) in [5.41, 5.74) is 0. The van der Waals surface area contributed by atoms with E-state index in [4.69, 9.17) is 23.9 Å². The first-order chi connectivity index (χ1) is 14.7. The van der Waals surface area contributed by atoms with Gasteiger partial charge in [0.25, 0.3) is 0 Å². The van der Waals surface area contributed by atoms with Gasteiger partial charge in [-0.05, 0) is 42.7 Å². The van der Waals surface area contributed by atoms with Crippen molar-refractivity contribution in [2.75, 3.05) is 39.5 Å². The van der Waals surface area contributed by atoms with Crippen LogP contribution in [0, 0.1) is 17.8 Å². The van der Waals surface area contributed by atoms with E-state index in [0.29, 0.717) is 37.4 Å². The van der Waals surface area contributed by atoms with Crippen molar-refractivity contribution in [3.05, 3.63) is 24.2 Å². The third-order valence-corrected chi connectivity index (χ3v) is 5.76.